The van der Waals surface area contributed by atoms with E-state index in [9.17, 15) is 4.79 Å². The molecule has 130 valence electrons. The van der Waals surface area contributed by atoms with E-state index in [1.54, 1.807) is 0 Å². The van der Waals surface area contributed by atoms with E-state index >= 15 is 0 Å². The summed E-state index contributed by atoms with van der Waals surface area (Å²) in [6, 6.07) is 0. The average Bonchev–Trinajstić information content (AvgIpc) is 3.28. The maximum Gasteiger partial charge on any atom is 0.305 e. The van der Waals surface area contributed by atoms with Gasteiger partial charge in [-0.2, -0.15) is 0 Å². The molecule has 1 aliphatic rings. The molecule has 0 amide bonds. The lowest BCUT2D eigenvalue weighted by atomic mass is 10.0. The van der Waals surface area contributed by atoms with Gasteiger partial charge in [-0.15, -0.1) is 0 Å². The van der Waals surface area contributed by atoms with Crippen molar-refractivity contribution < 1.29 is 14.3 Å². The van der Waals surface area contributed by atoms with Crippen LogP contribution in [0.3, 0.4) is 0 Å². The van der Waals surface area contributed by atoms with Crippen LogP contribution in [0.5, 0.6) is 0 Å². The predicted molar refractivity (Wildman–Crippen MR) is 91.0 cm³/mol. The van der Waals surface area contributed by atoms with Crippen molar-refractivity contribution in [1.82, 2.24) is 0 Å². The highest BCUT2D eigenvalue weighted by molar-refractivity contribution is 5.68. The summed E-state index contributed by atoms with van der Waals surface area (Å²) in [5.74, 6) is -0.0945. The van der Waals surface area contributed by atoms with Crippen molar-refractivity contribution in [1.29, 1.82) is 0 Å². The van der Waals surface area contributed by atoms with E-state index < -0.39 is 0 Å². The standard InChI is InChI=1S/C19H36O3/c1-3-4-5-6-7-8-9-10-11-14-17-18(22-17)15-12-13-16-19(20)21-2/h17-18H,3-16H2,1-2H3/t17-,18+/m0/s1. The van der Waals surface area contributed by atoms with Gasteiger partial charge in [0.05, 0.1) is 19.3 Å². The molecule has 0 spiro atoms. The number of esters is 1. The van der Waals surface area contributed by atoms with E-state index in [-0.39, 0.29) is 5.97 Å². The molecule has 0 aliphatic carbocycles. The Kier molecular flexibility index (Phi) is 11.4. The van der Waals surface area contributed by atoms with Crippen LogP contribution >= 0.6 is 0 Å². The zero-order chi connectivity index (χ0) is 16.0. The molecule has 3 nitrogen and oxygen atoms in total. The molecule has 0 N–H and O–H groups in total. The van der Waals surface area contributed by atoms with Gasteiger partial charge in [0.15, 0.2) is 0 Å². The zero-order valence-electron chi connectivity index (χ0n) is 14.8. The molecule has 0 saturated carbocycles. The summed E-state index contributed by atoms with van der Waals surface area (Å²) in [5.41, 5.74) is 0. The van der Waals surface area contributed by atoms with Crippen LogP contribution in [0, 0.1) is 0 Å². The number of hydrogen-bond donors (Lipinski definition) is 0. The van der Waals surface area contributed by atoms with Gasteiger partial charge in [-0.1, -0.05) is 71.1 Å². The third kappa shape index (κ3) is 10.2. The van der Waals surface area contributed by atoms with Gasteiger partial charge >= 0.3 is 5.97 Å². The van der Waals surface area contributed by atoms with E-state index in [0.717, 1.165) is 19.3 Å². The van der Waals surface area contributed by atoms with E-state index in [1.807, 2.05) is 0 Å². The van der Waals surface area contributed by atoms with Gasteiger partial charge in [0.2, 0.25) is 0 Å². The van der Waals surface area contributed by atoms with Crippen molar-refractivity contribution in [2.45, 2.75) is 109 Å². The third-order valence-electron chi connectivity index (χ3n) is 4.63. The molecular weight excluding hydrogens is 276 g/mol. The average molecular weight is 312 g/mol. The minimum Gasteiger partial charge on any atom is -0.469 e. The van der Waals surface area contributed by atoms with Gasteiger partial charge in [-0.25, -0.2) is 0 Å². The number of carbonyl (C=O) groups excluding carboxylic acids is 1. The lowest BCUT2D eigenvalue weighted by Gasteiger charge is -2.01. The van der Waals surface area contributed by atoms with E-state index in [4.69, 9.17) is 4.74 Å². The fourth-order valence-electron chi connectivity index (χ4n) is 3.06. The zero-order valence-corrected chi connectivity index (χ0v) is 14.8. The normalized spacial score (nSPS) is 20.1. The SMILES string of the molecule is CCCCCCCCCCC[C@@H]1O[C@@H]1CCCCC(=O)OC. The molecule has 22 heavy (non-hydrogen) atoms. The Balaban J connectivity index is 1.77. The van der Waals surface area contributed by atoms with Crippen molar-refractivity contribution in [3.8, 4) is 0 Å². The third-order valence-corrected chi connectivity index (χ3v) is 4.63. The largest absolute Gasteiger partial charge is 0.469 e. The summed E-state index contributed by atoms with van der Waals surface area (Å²) in [7, 11) is 1.45. The van der Waals surface area contributed by atoms with Crippen molar-refractivity contribution in [2.75, 3.05) is 7.11 Å². The maximum absolute atomic E-state index is 11.0. The fourth-order valence-corrected chi connectivity index (χ4v) is 3.06. The summed E-state index contributed by atoms with van der Waals surface area (Å²) in [6.45, 7) is 2.27. The highest BCUT2D eigenvalue weighted by Gasteiger charge is 2.36. The van der Waals surface area contributed by atoms with E-state index in [2.05, 4.69) is 11.7 Å². The van der Waals surface area contributed by atoms with Crippen LogP contribution in [0.15, 0.2) is 0 Å². The predicted octanol–water partition coefficient (Wildman–Crippen LogP) is 5.41. The van der Waals surface area contributed by atoms with Crippen molar-refractivity contribution in [3.63, 3.8) is 0 Å². The van der Waals surface area contributed by atoms with Crippen LogP contribution in [-0.4, -0.2) is 25.3 Å². The minimum absolute atomic E-state index is 0.0945. The summed E-state index contributed by atoms with van der Waals surface area (Å²) in [4.78, 5) is 11.0. The van der Waals surface area contributed by atoms with Crippen molar-refractivity contribution in [3.05, 3.63) is 0 Å². The first kappa shape index (κ1) is 19.5. The smallest absolute Gasteiger partial charge is 0.305 e. The Hall–Kier alpha value is -0.570. The number of carbonyl (C=O) groups is 1. The highest BCUT2D eigenvalue weighted by Crippen LogP contribution is 2.31. The second-order valence-electron chi connectivity index (χ2n) is 6.65. The Morgan fingerprint density at radius 2 is 1.32 bits per heavy atom. The van der Waals surface area contributed by atoms with Gasteiger partial charge in [-0.05, 0) is 19.3 Å². The number of hydrogen-bond acceptors (Lipinski definition) is 3. The maximum atomic E-state index is 11.0. The summed E-state index contributed by atoms with van der Waals surface area (Å²) < 4.78 is 10.3. The number of unbranched alkanes of at least 4 members (excludes halogenated alkanes) is 9. The molecule has 2 atom stereocenters. The number of rotatable bonds is 15. The monoisotopic (exact) mass is 312 g/mol. The molecule has 0 bridgehead atoms. The van der Waals surface area contributed by atoms with Crippen molar-refractivity contribution in [2.24, 2.45) is 0 Å². The lowest BCUT2D eigenvalue weighted by molar-refractivity contribution is -0.140. The second-order valence-corrected chi connectivity index (χ2v) is 6.65. The van der Waals surface area contributed by atoms with E-state index in [1.165, 1.54) is 71.3 Å². The molecule has 1 rings (SSSR count). The van der Waals surface area contributed by atoms with Gasteiger partial charge in [-0.3, -0.25) is 4.79 Å². The Bertz CT molecular complexity index is 278. The first-order chi connectivity index (χ1) is 10.8. The number of ether oxygens (including phenoxy) is 2. The van der Waals surface area contributed by atoms with Crippen LogP contribution < -0.4 is 0 Å². The molecule has 1 saturated heterocycles. The van der Waals surface area contributed by atoms with Crippen LogP contribution in [0.2, 0.25) is 0 Å². The molecule has 0 aromatic rings. The highest BCUT2D eigenvalue weighted by atomic mass is 16.6. The number of epoxide rings is 1. The molecule has 0 aromatic carbocycles. The lowest BCUT2D eigenvalue weighted by Crippen LogP contribution is -2.00. The Morgan fingerprint density at radius 1 is 0.818 bits per heavy atom. The topological polar surface area (TPSA) is 38.8 Å². The van der Waals surface area contributed by atoms with Gasteiger partial charge in [0, 0.05) is 6.42 Å². The fraction of sp³-hybridized carbons (Fsp3) is 0.947. The van der Waals surface area contributed by atoms with Crippen LogP contribution in [0.1, 0.15) is 96.8 Å². The first-order valence-corrected chi connectivity index (χ1v) is 9.50. The van der Waals surface area contributed by atoms with Gasteiger partial charge in [0.1, 0.15) is 0 Å². The second kappa shape index (κ2) is 12.9. The summed E-state index contributed by atoms with van der Waals surface area (Å²) in [5, 5.41) is 0. The van der Waals surface area contributed by atoms with Gasteiger partial charge in [0.25, 0.3) is 0 Å². The summed E-state index contributed by atoms with van der Waals surface area (Å²) in [6.07, 6.45) is 18.4. The number of methoxy groups -OCH3 is 1. The Morgan fingerprint density at radius 3 is 1.86 bits per heavy atom. The van der Waals surface area contributed by atoms with Crippen LogP contribution in [-0.2, 0) is 14.3 Å². The quantitative estimate of drug-likeness (QED) is 0.230. The first-order valence-electron chi connectivity index (χ1n) is 9.50. The molecular formula is C19H36O3. The van der Waals surface area contributed by atoms with Crippen molar-refractivity contribution >= 4 is 5.97 Å². The van der Waals surface area contributed by atoms with Gasteiger partial charge < -0.3 is 9.47 Å². The minimum atomic E-state index is -0.0945. The van der Waals surface area contributed by atoms with E-state index in [0.29, 0.717) is 18.6 Å². The molecule has 1 heterocycles. The summed E-state index contributed by atoms with van der Waals surface area (Å²) >= 11 is 0. The molecule has 1 fully saturated rings. The van der Waals surface area contributed by atoms with Crippen LogP contribution in [0.4, 0.5) is 0 Å². The molecule has 3 heteroatoms. The molecule has 0 aromatic heterocycles. The molecule has 0 unspecified atom stereocenters. The Labute approximate surface area is 137 Å². The molecule has 0 radical (unpaired) electrons. The molecule has 1 aliphatic heterocycles. The van der Waals surface area contributed by atoms with Crippen LogP contribution in [0.25, 0.3) is 0 Å².